The predicted octanol–water partition coefficient (Wildman–Crippen LogP) is 0.849. The number of nitrogens with zero attached hydrogens (tertiary/aromatic N) is 1. The first-order chi connectivity index (χ1) is 7.23. The van der Waals surface area contributed by atoms with Gasteiger partial charge in [0.25, 0.3) is 0 Å². The molecule has 3 heterocycles. The van der Waals surface area contributed by atoms with Crippen molar-refractivity contribution in [1.29, 1.82) is 0 Å². The Morgan fingerprint density at radius 3 is 2.67 bits per heavy atom. The Morgan fingerprint density at radius 1 is 1.33 bits per heavy atom. The summed E-state index contributed by atoms with van der Waals surface area (Å²) < 4.78 is 5.87. The Kier molecular flexibility index (Phi) is 2.49. The zero-order chi connectivity index (χ0) is 10.3. The van der Waals surface area contributed by atoms with Gasteiger partial charge in [-0.1, -0.05) is 6.92 Å². The highest BCUT2D eigenvalue weighted by Gasteiger charge is 2.37. The smallest absolute Gasteiger partial charge is 0.0707 e. The van der Waals surface area contributed by atoms with Gasteiger partial charge < -0.3 is 10.1 Å². The number of morpholine rings is 1. The number of nitrogens with one attached hydrogen (secondary N) is 1. The summed E-state index contributed by atoms with van der Waals surface area (Å²) in [5.74, 6) is 0. The van der Waals surface area contributed by atoms with Crippen molar-refractivity contribution in [2.75, 3.05) is 32.7 Å². The van der Waals surface area contributed by atoms with E-state index < -0.39 is 0 Å². The minimum absolute atomic E-state index is 0.511. The zero-order valence-corrected chi connectivity index (χ0v) is 9.67. The van der Waals surface area contributed by atoms with Crippen LogP contribution in [-0.4, -0.2) is 49.8 Å². The van der Waals surface area contributed by atoms with E-state index in [1.165, 1.54) is 52.0 Å². The van der Waals surface area contributed by atoms with Gasteiger partial charge in [0.15, 0.2) is 0 Å². The molecular formula is C12H22N2O. The highest BCUT2D eigenvalue weighted by molar-refractivity contribution is 4.91. The first-order valence-corrected chi connectivity index (χ1v) is 6.32. The van der Waals surface area contributed by atoms with Crippen LogP contribution in [0.25, 0.3) is 0 Å². The number of likely N-dealkylation sites (tertiary alicyclic amines) is 1. The molecule has 0 radical (unpaired) electrons. The summed E-state index contributed by atoms with van der Waals surface area (Å²) in [4.78, 5) is 2.64. The standard InChI is InChI=1S/C12H22N2O/c1-12(4-5-13-8-12)9-14-6-10-2-3-11(7-14)15-10/h10-11,13H,2-9H2,1H3. The molecule has 3 fully saturated rings. The summed E-state index contributed by atoms with van der Waals surface area (Å²) in [6.45, 7) is 8.42. The summed E-state index contributed by atoms with van der Waals surface area (Å²) in [5, 5.41) is 3.48. The highest BCUT2D eigenvalue weighted by Crippen LogP contribution is 2.31. The van der Waals surface area contributed by atoms with Crippen molar-refractivity contribution in [3.8, 4) is 0 Å². The third-order valence-corrected chi connectivity index (χ3v) is 4.18. The van der Waals surface area contributed by atoms with Gasteiger partial charge in [0.2, 0.25) is 0 Å². The Morgan fingerprint density at radius 2 is 2.07 bits per heavy atom. The molecule has 0 aromatic heterocycles. The molecule has 2 bridgehead atoms. The Labute approximate surface area is 92.2 Å². The molecule has 1 N–H and O–H groups in total. The lowest BCUT2D eigenvalue weighted by molar-refractivity contribution is -0.0477. The lowest BCUT2D eigenvalue weighted by Crippen LogP contribution is -2.47. The summed E-state index contributed by atoms with van der Waals surface area (Å²) >= 11 is 0. The fraction of sp³-hybridized carbons (Fsp3) is 1.00. The van der Waals surface area contributed by atoms with E-state index in [1.54, 1.807) is 0 Å². The molecule has 3 saturated heterocycles. The molecule has 0 aromatic carbocycles. The normalized spacial score (nSPS) is 46.2. The Bertz CT molecular complexity index is 226. The van der Waals surface area contributed by atoms with Crippen molar-refractivity contribution in [3.63, 3.8) is 0 Å². The van der Waals surface area contributed by atoms with E-state index in [4.69, 9.17) is 4.74 Å². The van der Waals surface area contributed by atoms with Crippen molar-refractivity contribution in [2.45, 2.75) is 38.4 Å². The van der Waals surface area contributed by atoms with Crippen LogP contribution in [0, 0.1) is 5.41 Å². The van der Waals surface area contributed by atoms with Crippen LogP contribution in [0.15, 0.2) is 0 Å². The number of fused-ring (bicyclic) bond motifs is 2. The molecule has 3 rings (SSSR count). The average Bonchev–Trinajstić information content (AvgIpc) is 2.74. The van der Waals surface area contributed by atoms with Crippen LogP contribution in [-0.2, 0) is 4.74 Å². The largest absolute Gasteiger partial charge is 0.372 e. The molecule has 3 aliphatic heterocycles. The van der Waals surface area contributed by atoms with Gasteiger partial charge >= 0.3 is 0 Å². The third-order valence-electron chi connectivity index (χ3n) is 4.18. The van der Waals surface area contributed by atoms with Gasteiger partial charge in [-0.25, -0.2) is 0 Å². The van der Waals surface area contributed by atoms with Crippen LogP contribution in [0.3, 0.4) is 0 Å². The lowest BCUT2D eigenvalue weighted by atomic mass is 9.89. The summed E-state index contributed by atoms with van der Waals surface area (Å²) in [6, 6.07) is 0. The van der Waals surface area contributed by atoms with E-state index in [9.17, 15) is 0 Å². The quantitative estimate of drug-likeness (QED) is 0.731. The van der Waals surface area contributed by atoms with Gasteiger partial charge in [0, 0.05) is 26.2 Å². The maximum Gasteiger partial charge on any atom is 0.0707 e. The van der Waals surface area contributed by atoms with Gasteiger partial charge in [0.05, 0.1) is 12.2 Å². The maximum absolute atomic E-state index is 5.87. The topological polar surface area (TPSA) is 24.5 Å². The van der Waals surface area contributed by atoms with Gasteiger partial charge in [0.1, 0.15) is 0 Å². The van der Waals surface area contributed by atoms with Crippen molar-refractivity contribution >= 4 is 0 Å². The van der Waals surface area contributed by atoms with Crippen molar-refractivity contribution in [2.24, 2.45) is 5.41 Å². The molecule has 3 heteroatoms. The molecule has 3 nitrogen and oxygen atoms in total. The monoisotopic (exact) mass is 210 g/mol. The second-order valence-electron chi connectivity index (χ2n) is 5.89. The molecule has 0 spiro atoms. The second kappa shape index (κ2) is 3.72. The fourth-order valence-corrected chi connectivity index (χ4v) is 3.37. The minimum Gasteiger partial charge on any atom is -0.372 e. The first-order valence-electron chi connectivity index (χ1n) is 6.32. The molecule has 3 atom stereocenters. The SMILES string of the molecule is CC1(CN2CC3CCC(C2)O3)CCNC1. The number of hydrogen-bond donors (Lipinski definition) is 1. The van der Waals surface area contributed by atoms with Crippen molar-refractivity contribution in [3.05, 3.63) is 0 Å². The number of rotatable bonds is 2. The van der Waals surface area contributed by atoms with Gasteiger partial charge in [-0.2, -0.15) is 0 Å². The molecule has 15 heavy (non-hydrogen) atoms. The molecule has 0 amide bonds. The van der Waals surface area contributed by atoms with Crippen LogP contribution in [0.4, 0.5) is 0 Å². The summed E-state index contributed by atoms with van der Waals surface area (Å²) in [6.07, 6.45) is 5.00. The average molecular weight is 210 g/mol. The highest BCUT2D eigenvalue weighted by atomic mass is 16.5. The van der Waals surface area contributed by atoms with E-state index in [0.29, 0.717) is 17.6 Å². The van der Waals surface area contributed by atoms with Crippen LogP contribution in [0.1, 0.15) is 26.2 Å². The van der Waals surface area contributed by atoms with E-state index >= 15 is 0 Å². The molecule has 3 unspecified atom stereocenters. The minimum atomic E-state index is 0.511. The predicted molar refractivity (Wildman–Crippen MR) is 59.9 cm³/mol. The third kappa shape index (κ3) is 2.05. The molecule has 3 aliphatic rings. The van der Waals surface area contributed by atoms with Crippen LogP contribution in [0.5, 0.6) is 0 Å². The fourth-order valence-electron chi connectivity index (χ4n) is 3.37. The van der Waals surface area contributed by atoms with E-state index in [-0.39, 0.29) is 0 Å². The molecule has 86 valence electrons. The molecule has 0 aromatic rings. The van der Waals surface area contributed by atoms with E-state index in [2.05, 4.69) is 17.1 Å². The number of hydrogen-bond acceptors (Lipinski definition) is 3. The van der Waals surface area contributed by atoms with Gasteiger partial charge in [-0.3, -0.25) is 4.90 Å². The molecule has 0 saturated carbocycles. The van der Waals surface area contributed by atoms with Crippen molar-refractivity contribution in [1.82, 2.24) is 10.2 Å². The first kappa shape index (κ1) is 10.1. The Balaban J connectivity index is 1.59. The van der Waals surface area contributed by atoms with E-state index in [1.807, 2.05) is 0 Å². The molecule has 0 aliphatic carbocycles. The number of ether oxygens (including phenoxy) is 1. The molecular weight excluding hydrogens is 188 g/mol. The van der Waals surface area contributed by atoms with Crippen LogP contribution < -0.4 is 5.32 Å². The van der Waals surface area contributed by atoms with E-state index in [0.717, 1.165) is 0 Å². The Hall–Kier alpha value is -0.120. The van der Waals surface area contributed by atoms with Gasteiger partial charge in [-0.15, -0.1) is 0 Å². The van der Waals surface area contributed by atoms with Crippen LogP contribution >= 0.6 is 0 Å². The van der Waals surface area contributed by atoms with Crippen molar-refractivity contribution < 1.29 is 4.74 Å². The zero-order valence-electron chi connectivity index (χ0n) is 9.67. The summed E-state index contributed by atoms with van der Waals surface area (Å²) in [5.41, 5.74) is 0.511. The maximum atomic E-state index is 5.87. The second-order valence-corrected chi connectivity index (χ2v) is 5.89. The summed E-state index contributed by atoms with van der Waals surface area (Å²) in [7, 11) is 0. The van der Waals surface area contributed by atoms with Crippen LogP contribution in [0.2, 0.25) is 0 Å². The van der Waals surface area contributed by atoms with Gasteiger partial charge in [-0.05, 0) is 31.2 Å². The lowest BCUT2D eigenvalue weighted by Gasteiger charge is -2.37.